The van der Waals surface area contributed by atoms with Gasteiger partial charge >= 0.3 is 0 Å². The predicted octanol–water partition coefficient (Wildman–Crippen LogP) is 3.96. The molecule has 1 N–H and O–H groups in total. The van der Waals surface area contributed by atoms with Crippen molar-refractivity contribution in [1.29, 1.82) is 0 Å². The molecule has 0 aliphatic carbocycles. The largest absolute Gasteiger partial charge is 0.488 e. The molecule has 113 valence electrons. The third-order valence-electron chi connectivity index (χ3n) is 3.07. The summed E-state index contributed by atoms with van der Waals surface area (Å²) in [5.41, 5.74) is 0.438. The maximum Gasteiger partial charge on any atom is 0.232 e. The number of ether oxygens (including phenoxy) is 1. The van der Waals surface area contributed by atoms with Gasteiger partial charge in [-0.05, 0) is 18.6 Å². The van der Waals surface area contributed by atoms with Crippen LogP contribution in [0.25, 0.3) is 0 Å². The van der Waals surface area contributed by atoms with Crippen LogP contribution >= 0.6 is 0 Å². The van der Waals surface area contributed by atoms with Crippen molar-refractivity contribution in [3.63, 3.8) is 0 Å². The molecule has 0 fully saturated rings. The highest BCUT2D eigenvalue weighted by Crippen LogP contribution is 2.24. The maximum atomic E-state index is 12.0. The summed E-state index contributed by atoms with van der Waals surface area (Å²) in [6, 6.07) is 6.87. The molecule has 0 aromatic heterocycles. The number of anilines is 1. The number of hydrogen-bond donors (Lipinski definition) is 1. The van der Waals surface area contributed by atoms with E-state index in [9.17, 15) is 8.42 Å². The molecule has 1 aromatic rings. The van der Waals surface area contributed by atoms with Crippen LogP contribution in [-0.4, -0.2) is 14.2 Å². The van der Waals surface area contributed by atoms with E-state index < -0.39 is 10.0 Å². The smallest absolute Gasteiger partial charge is 0.232 e. The Morgan fingerprint density at radius 1 is 1.10 bits per heavy atom. The number of hydrogen-bond acceptors (Lipinski definition) is 3. The molecule has 1 rings (SSSR count). The van der Waals surface area contributed by atoms with Gasteiger partial charge in [-0.15, -0.1) is 0 Å². The van der Waals surface area contributed by atoms with Crippen molar-refractivity contribution in [2.24, 2.45) is 0 Å². The van der Waals surface area contributed by atoms with Crippen LogP contribution in [0.15, 0.2) is 24.3 Å². The average molecular weight is 298 g/mol. The Morgan fingerprint density at radius 2 is 1.75 bits per heavy atom. The van der Waals surface area contributed by atoms with E-state index in [1.165, 1.54) is 19.3 Å². The van der Waals surface area contributed by atoms with Gasteiger partial charge in [-0.3, -0.25) is 4.72 Å². The topological polar surface area (TPSA) is 55.4 Å². The van der Waals surface area contributed by atoms with Gasteiger partial charge in [0.1, 0.15) is 12.9 Å². The number of nitrogens with one attached hydrogen (secondary N) is 1. The third-order valence-corrected chi connectivity index (χ3v) is 4.43. The monoisotopic (exact) mass is 298 g/mol. The van der Waals surface area contributed by atoms with Gasteiger partial charge in [0.25, 0.3) is 0 Å². The molecular weight excluding hydrogens is 274 g/mol. The van der Waals surface area contributed by atoms with Crippen molar-refractivity contribution < 1.29 is 13.2 Å². The number of rotatable bonds is 10. The molecule has 1 radical (unpaired) electrons. The lowest BCUT2D eigenvalue weighted by atomic mass is 10.1. The van der Waals surface area contributed by atoms with Crippen molar-refractivity contribution >= 4 is 15.7 Å². The highest BCUT2D eigenvalue weighted by Gasteiger charge is 2.12. The fraction of sp³-hybridized carbons (Fsp3) is 0.533. The average Bonchev–Trinajstić information content (AvgIpc) is 2.43. The van der Waals surface area contributed by atoms with E-state index in [4.69, 9.17) is 4.74 Å². The van der Waals surface area contributed by atoms with Crippen LogP contribution in [-0.2, 0) is 10.0 Å². The first-order valence-corrected chi connectivity index (χ1v) is 8.76. The zero-order chi connectivity index (χ0) is 14.8. The molecule has 0 amide bonds. The Morgan fingerprint density at radius 3 is 2.45 bits per heavy atom. The van der Waals surface area contributed by atoms with E-state index in [1.54, 1.807) is 24.3 Å². The van der Waals surface area contributed by atoms with Crippen molar-refractivity contribution in [2.45, 2.75) is 45.4 Å². The maximum absolute atomic E-state index is 12.0. The summed E-state index contributed by atoms with van der Waals surface area (Å²) in [6.45, 7) is 2.16. The lowest BCUT2D eigenvalue weighted by Gasteiger charge is -2.11. The van der Waals surface area contributed by atoms with E-state index in [2.05, 4.69) is 18.8 Å². The molecule has 0 atom stereocenters. The molecule has 4 nitrogen and oxygen atoms in total. The Kier molecular flexibility index (Phi) is 7.44. The van der Waals surface area contributed by atoms with Crippen molar-refractivity contribution in [1.82, 2.24) is 0 Å². The molecule has 0 spiro atoms. The van der Waals surface area contributed by atoms with Crippen molar-refractivity contribution in [3.05, 3.63) is 31.4 Å². The second kappa shape index (κ2) is 8.84. The summed E-state index contributed by atoms with van der Waals surface area (Å²) < 4.78 is 31.4. The minimum atomic E-state index is -3.32. The number of benzene rings is 1. The summed E-state index contributed by atoms with van der Waals surface area (Å²) in [4.78, 5) is 0. The Labute approximate surface area is 122 Å². The van der Waals surface area contributed by atoms with Gasteiger partial charge < -0.3 is 4.74 Å². The van der Waals surface area contributed by atoms with Gasteiger partial charge in [-0.2, -0.15) is 0 Å². The lowest BCUT2D eigenvalue weighted by molar-refractivity contribution is 0.475. The first-order chi connectivity index (χ1) is 9.59. The predicted molar refractivity (Wildman–Crippen MR) is 83.2 cm³/mol. The van der Waals surface area contributed by atoms with E-state index in [0.717, 1.165) is 12.8 Å². The summed E-state index contributed by atoms with van der Waals surface area (Å²) >= 11 is 0. The van der Waals surface area contributed by atoms with Crippen LogP contribution in [0.3, 0.4) is 0 Å². The van der Waals surface area contributed by atoms with Crippen molar-refractivity contribution in [2.75, 3.05) is 10.5 Å². The molecule has 1 aromatic carbocycles. The highest BCUT2D eigenvalue weighted by molar-refractivity contribution is 7.92. The van der Waals surface area contributed by atoms with Crippen molar-refractivity contribution in [3.8, 4) is 5.75 Å². The van der Waals surface area contributed by atoms with Gasteiger partial charge in [-0.1, -0.05) is 51.2 Å². The van der Waals surface area contributed by atoms with Crippen LogP contribution in [0.1, 0.15) is 45.4 Å². The molecule has 0 bridgehead atoms. The normalized spacial score (nSPS) is 11.3. The molecule has 0 heterocycles. The molecule has 0 saturated heterocycles. The van der Waals surface area contributed by atoms with Gasteiger partial charge in [-0.25, -0.2) is 8.42 Å². The second-order valence-corrected chi connectivity index (χ2v) is 6.67. The van der Waals surface area contributed by atoms with Gasteiger partial charge in [0.05, 0.1) is 11.4 Å². The second-order valence-electron chi connectivity index (χ2n) is 4.83. The molecule has 20 heavy (non-hydrogen) atoms. The number of unbranched alkanes of at least 4 members (excludes halogenated alkanes) is 5. The van der Waals surface area contributed by atoms with Gasteiger partial charge in [0, 0.05) is 0 Å². The van der Waals surface area contributed by atoms with Crippen LogP contribution in [0.5, 0.6) is 5.75 Å². The van der Waals surface area contributed by atoms with Crippen LogP contribution in [0, 0.1) is 7.11 Å². The Bertz CT molecular complexity index is 486. The zero-order valence-corrected chi connectivity index (χ0v) is 12.9. The number of para-hydroxylation sites is 2. The minimum absolute atomic E-state index is 0.143. The number of sulfonamides is 1. The van der Waals surface area contributed by atoms with E-state index in [1.807, 2.05) is 0 Å². The quantitative estimate of drug-likeness (QED) is 0.665. The van der Waals surface area contributed by atoms with E-state index in [0.29, 0.717) is 17.9 Å². The summed E-state index contributed by atoms with van der Waals surface area (Å²) in [7, 11) is -0.00203. The SMILES string of the molecule is [CH2]Oc1ccccc1NS(=O)(=O)CCCCCCCC. The Hall–Kier alpha value is -1.23. The van der Waals surface area contributed by atoms with Gasteiger partial charge in [0.2, 0.25) is 10.0 Å². The highest BCUT2D eigenvalue weighted by atomic mass is 32.2. The molecule has 0 saturated carbocycles. The Balaban J connectivity index is 2.41. The van der Waals surface area contributed by atoms with E-state index in [-0.39, 0.29) is 5.75 Å². The molecule has 0 aliphatic rings. The van der Waals surface area contributed by atoms with Gasteiger partial charge in [0.15, 0.2) is 0 Å². The first kappa shape index (κ1) is 16.8. The van der Waals surface area contributed by atoms with Crippen LogP contribution in [0.2, 0.25) is 0 Å². The standard InChI is InChI=1S/C15H24NO3S/c1-3-4-5-6-7-10-13-20(17,18)16-14-11-8-9-12-15(14)19-2/h8-9,11-12,16H,2-7,10,13H2,1H3. The van der Waals surface area contributed by atoms with Crippen LogP contribution in [0.4, 0.5) is 5.69 Å². The molecule has 0 unspecified atom stereocenters. The third kappa shape index (κ3) is 6.28. The molecule has 0 aliphatic heterocycles. The van der Waals surface area contributed by atoms with E-state index >= 15 is 0 Å². The first-order valence-electron chi connectivity index (χ1n) is 7.10. The summed E-state index contributed by atoms with van der Waals surface area (Å²) in [5.74, 6) is 0.573. The molecular formula is C15H24NO3S. The zero-order valence-electron chi connectivity index (χ0n) is 12.1. The lowest BCUT2D eigenvalue weighted by Crippen LogP contribution is -2.17. The summed E-state index contributed by atoms with van der Waals surface area (Å²) in [5, 5.41) is 0. The van der Waals surface area contributed by atoms with Crippen LogP contribution < -0.4 is 9.46 Å². The fourth-order valence-corrected chi connectivity index (χ4v) is 3.16. The summed E-state index contributed by atoms with van der Waals surface area (Å²) in [6.07, 6.45) is 6.34. The molecule has 5 heteroatoms. The minimum Gasteiger partial charge on any atom is -0.488 e. The fourth-order valence-electron chi connectivity index (χ4n) is 1.97.